The van der Waals surface area contributed by atoms with Crippen molar-refractivity contribution in [3.05, 3.63) is 65.0 Å². The number of ether oxygens (including phenoxy) is 1. The Morgan fingerprint density at radius 2 is 1.26 bits per heavy atom. The molecule has 0 unspecified atom stereocenters. The van der Waals surface area contributed by atoms with E-state index in [1.807, 2.05) is 0 Å². The molecule has 2 saturated carbocycles. The van der Waals surface area contributed by atoms with Gasteiger partial charge in [-0.1, -0.05) is 70.4 Å². The predicted molar refractivity (Wildman–Crippen MR) is 141 cm³/mol. The van der Waals surface area contributed by atoms with Gasteiger partial charge in [0.05, 0.1) is 5.56 Å². The molecule has 0 bridgehead atoms. The van der Waals surface area contributed by atoms with Crippen molar-refractivity contribution in [2.75, 3.05) is 0 Å². The van der Waals surface area contributed by atoms with Gasteiger partial charge < -0.3 is 4.74 Å². The molecule has 2 aromatic carbocycles. The summed E-state index contributed by atoms with van der Waals surface area (Å²) >= 11 is 0. The van der Waals surface area contributed by atoms with Crippen molar-refractivity contribution >= 4 is 0 Å². The first kappa shape index (κ1) is 28.9. The van der Waals surface area contributed by atoms with Gasteiger partial charge in [0.25, 0.3) is 0 Å². The third-order valence-corrected chi connectivity index (χ3v) is 9.00. The number of hydrogen-bond acceptors (Lipinski definition) is 1. The lowest BCUT2D eigenvalue weighted by Crippen LogP contribution is -2.26. The van der Waals surface area contributed by atoms with Crippen LogP contribution in [0.25, 0.3) is 0 Å². The van der Waals surface area contributed by atoms with Crippen LogP contribution < -0.4 is 4.74 Å². The Morgan fingerprint density at radius 1 is 0.737 bits per heavy atom. The van der Waals surface area contributed by atoms with Crippen LogP contribution in [0.4, 0.5) is 22.0 Å². The molecule has 0 aromatic heterocycles. The molecule has 2 aromatic rings. The molecule has 0 aliphatic heterocycles. The lowest BCUT2D eigenvalue weighted by molar-refractivity contribution is -0.185. The van der Waals surface area contributed by atoms with Gasteiger partial charge in [-0.25, -0.2) is 13.2 Å². The first-order chi connectivity index (χ1) is 18.2. The summed E-state index contributed by atoms with van der Waals surface area (Å²) in [6.07, 6.45) is 14.4. The number of halogens is 5. The van der Waals surface area contributed by atoms with E-state index in [9.17, 15) is 22.0 Å². The lowest BCUT2D eigenvalue weighted by atomic mass is 9.68. The summed E-state index contributed by atoms with van der Waals surface area (Å²) in [6, 6.07) is 6.69. The SMILES string of the molecule is CCCCC[C@H]1CC[C@H]([C@H]2CC[C@H](CCc3ccc(C(F)(F)Oc4cc(F)c(F)c(F)c4)cc3)CC2)CC1. The predicted octanol–water partition coefficient (Wildman–Crippen LogP) is 10.4. The minimum absolute atomic E-state index is 0.412. The average Bonchev–Trinajstić information content (AvgIpc) is 2.91. The number of rotatable bonds is 11. The Hall–Kier alpha value is -2.11. The van der Waals surface area contributed by atoms with Crippen LogP contribution in [-0.2, 0) is 12.5 Å². The molecule has 0 spiro atoms. The van der Waals surface area contributed by atoms with Gasteiger partial charge in [0.1, 0.15) is 5.75 Å². The van der Waals surface area contributed by atoms with Crippen molar-refractivity contribution in [1.29, 1.82) is 0 Å². The molecule has 0 atom stereocenters. The van der Waals surface area contributed by atoms with Gasteiger partial charge in [0.15, 0.2) is 17.5 Å². The normalized spacial score (nSPS) is 24.4. The van der Waals surface area contributed by atoms with E-state index in [2.05, 4.69) is 11.7 Å². The van der Waals surface area contributed by atoms with E-state index >= 15 is 0 Å². The highest BCUT2D eigenvalue weighted by Crippen LogP contribution is 2.43. The summed E-state index contributed by atoms with van der Waals surface area (Å²) in [4.78, 5) is 0. The van der Waals surface area contributed by atoms with E-state index < -0.39 is 34.9 Å². The topological polar surface area (TPSA) is 9.23 Å². The zero-order valence-electron chi connectivity index (χ0n) is 22.5. The Balaban J connectivity index is 1.19. The second-order valence-electron chi connectivity index (χ2n) is 11.6. The van der Waals surface area contributed by atoms with Crippen LogP contribution in [0.1, 0.15) is 102 Å². The maximum absolute atomic E-state index is 14.5. The van der Waals surface area contributed by atoms with Crippen LogP contribution >= 0.6 is 0 Å². The summed E-state index contributed by atoms with van der Waals surface area (Å²) in [7, 11) is 0. The molecule has 2 aliphatic rings. The van der Waals surface area contributed by atoms with Crippen molar-refractivity contribution < 1.29 is 26.7 Å². The second kappa shape index (κ2) is 13.3. The number of benzene rings is 2. The summed E-state index contributed by atoms with van der Waals surface area (Å²) in [5, 5.41) is 0. The minimum atomic E-state index is -3.80. The second-order valence-corrected chi connectivity index (χ2v) is 11.6. The molecule has 38 heavy (non-hydrogen) atoms. The van der Waals surface area contributed by atoms with Gasteiger partial charge in [-0.15, -0.1) is 0 Å². The highest BCUT2D eigenvalue weighted by molar-refractivity contribution is 5.29. The Kier molecular flexibility index (Phi) is 10.1. The molecule has 6 heteroatoms. The maximum atomic E-state index is 14.5. The van der Waals surface area contributed by atoms with Crippen molar-refractivity contribution in [3.8, 4) is 5.75 Å². The Bertz CT molecular complexity index is 982. The summed E-state index contributed by atoms with van der Waals surface area (Å²) < 4.78 is 73.4. The molecular formula is C32H41F5O. The van der Waals surface area contributed by atoms with Crippen molar-refractivity contribution in [1.82, 2.24) is 0 Å². The van der Waals surface area contributed by atoms with Crippen LogP contribution in [0.3, 0.4) is 0 Å². The first-order valence-electron chi connectivity index (χ1n) is 14.6. The zero-order chi connectivity index (χ0) is 27.1. The molecule has 0 radical (unpaired) electrons. The smallest absolute Gasteiger partial charge is 0.426 e. The van der Waals surface area contributed by atoms with Crippen LogP contribution in [0.15, 0.2) is 36.4 Å². The summed E-state index contributed by atoms with van der Waals surface area (Å²) in [5.74, 6) is -2.21. The molecule has 2 fully saturated rings. The summed E-state index contributed by atoms with van der Waals surface area (Å²) in [6.45, 7) is 2.27. The molecule has 0 heterocycles. The number of aryl methyl sites for hydroxylation is 1. The third-order valence-electron chi connectivity index (χ3n) is 9.00. The molecule has 0 N–H and O–H groups in total. The lowest BCUT2D eigenvalue weighted by Gasteiger charge is -2.38. The highest BCUT2D eigenvalue weighted by atomic mass is 19.3. The third kappa shape index (κ3) is 7.72. The van der Waals surface area contributed by atoms with E-state index in [1.165, 1.54) is 89.2 Å². The summed E-state index contributed by atoms with van der Waals surface area (Å²) in [5.41, 5.74) is 0.555. The number of alkyl halides is 2. The highest BCUT2D eigenvalue weighted by Gasteiger charge is 2.35. The van der Waals surface area contributed by atoms with Crippen LogP contribution in [0, 0.1) is 41.1 Å². The largest absolute Gasteiger partial charge is 0.429 e. The van der Waals surface area contributed by atoms with Crippen LogP contribution in [0.5, 0.6) is 5.75 Å². The van der Waals surface area contributed by atoms with E-state index in [0.717, 1.165) is 36.2 Å². The standard InChI is InChI=1S/C32H41F5O/c1-2-3-4-5-22-8-14-25(15-9-22)26-16-10-23(11-17-26)6-7-24-12-18-27(19-13-24)32(36,37)38-28-20-29(33)31(35)30(34)21-28/h12-13,18-23,25-26H,2-11,14-17H2,1H3/t22-,23-,25-,26-. The molecule has 4 rings (SSSR count). The molecule has 0 amide bonds. The van der Waals surface area contributed by atoms with Crippen molar-refractivity contribution in [2.45, 2.75) is 103 Å². The van der Waals surface area contributed by atoms with Crippen molar-refractivity contribution in [2.24, 2.45) is 23.7 Å². The van der Waals surface area contributed by atoms with Crippen LogP contribution in [-0.4, -0.2) is 0 Å². The van der Waals surface area contributed by atoms with Gasteiger partial charge in [-0.3, -0.25) is 0 Å². The van der Waals surface area contributed by atoms with E-state index in [1.54, 1.807) is 12.1 Å². The van der Waals surface area contributed by atoms with Crippen LogP contribution in [0.2, 0.25) is 0 Å². The Labute approximate surface area is 224 Å². The fraction of sp³-hybridized carbons (Fsp3) is 0.625. The van der Waals surface area contributed by atoms with E-state index in [-0.39, 0.29) is 0 Å². The molecular weight excluding hydrogens is 495 g/mol. The van der Waals surface area contributed by atoms with Gasteiger partial charge in [-0.2, -0.15) is 8.78 Å². The molecule has 2 aliphatic carbocycles. The van der Waals surface area contributed by atoms with E-state index in [4.69, 9.17) is 0 Å². The number of unbranched alkanes of at least 4 members (excludes halogenated alkanes) is 2. The molecule has 0 saturated heterocycles. The van der Waals surface area contributed by atoms with Gasteiger partial charge >= 0.3 is 6.11 Å². The van der Waals surface area contributed by atoms with E-state index in [0.29, 0.717) is 18.1 Å². The average molecular weight is 537 g/mol. The molecule has 210 valence electrons. The Morgan fingerprint density at radius 3 is 1.79 bits per heavy atom. The zero-order valence-corrected chi connectivity index (χ0v) is 22.5. The maximum Gasteiger partial charge on any atom is 0.426 e. The monoisotopic (exact) mass is 536 g/mol. The fourth-order valence-electron chi connectivity index (χ4n) is 6.61. The van der Waals surface area contributed by atoms with Gasteiger partial charge in [-0.05, 0) is 79.9 Å². The number of hydrogen-bond donors (Lipinski definition) is 0. The quantitative estimate of drug-likeness (QED) is 0.158. The van der Waals surface area contributed by atoms with Gasteiger partial charge in [0.2, 0.25) is 0 Å². The molecule has 1 nitrogen and oxygen atoms in total. The van der Waals surface area contributed by atoms with Gasteiger partial charge in [0, 0.05) is 12.1 Å². The van der Waals surface area contributed by atoms with Crippen molar-refractivity contribution in [3.63, 3.8) is 0 Å². The first-order valence-corrected chi connectivity index (χ1v) is 14.6. The fourth-order valence-corrected chi connectivity index (χ4v) is 6.61. The minimum Gasteiger partial charge on any atom is -0.429 e.